The van der Waals surface area contributed by atoms with Crippen molar-refractivity contribution in [2.24, 2.45) is 10.8 Å². The highest BCUT2D eigenvalue weighted by Crippen LogP contribution is 2.34. The average Bonchev–Trinajstić information content (AvgIpc) is 3.16. The molecule has 0 aromatic heterocycles. The van der Waals surface area contributed by atoms with Crippen molar-refractivity contribution in [1.29, 1.82) is 0 Å². The van der Waals surface area contributed by atoms with E-state index in [0.29, 0.717) is 5.84 Å². The number of nitrogens with zero attached hydrogens (tertiary/aromatic N) is 4. The fourth-order valence-electron chi connectivity index (χ4n) is 4.42. The third-order valence-corrected chi connectivity index (χ3v) is 6.30. The molecule has 1 atom stereocenters. The number of hydrazone groups is 1. The normalized spacial score (nSPS) is 23.0. The summed E-state index contributed by atoms with van der Waals surface area (Å²) in [6.07, 6.45) is 5.72. The molecule has 0 amide bonds. The lowest BCUT2D eigenvalue weighted by Gasteiger charge is -2.39. The third-order valence-electron chi connectivity index (χ3n) is 6.30. The SMILES string of the molecule is CN1CCN(c2ccc(C3(N)NN=C4C=CC=C(Cc5cc(F)ccc5F)N43)cc2)CC1. The van der Waals surface area contributed by atoms with Crippen LogP contribution in [0.5, 0.6) is 0 Å². The van der Waals surface area contributed by atoms with Crippen LogP contribution in [0, 0.1) is 11.6 Å². The first-order valence-electron chi connectivity index (χ1n) is 10.7. The molecule has 5 rings (SSSR count). The number of rotatable bonds is 4. The van der Waals surface area contributed by atoms with Gasteiger partial charge in [-0.15, -0.1) is 0 Å². The maximum absolute atomic E-state index is 14.3. The average molecular weight is 437 g/mol. The van der Waals surface area contributed by atoms with E-state index < -0.39 is 17.4 Å². The van der Waals surface area contributed by atoms with Gasteiger partial charge in [-0.3, -0.25) is 16.1 Å². The van der Waals surface area contributed by atoms with E-state index in [1.54, 1.807) is 0 Å². The Bertz CT molecular complexity index is 1100. The number of piperazine rings is 1. The fourth-order valence-corrected chi connectivity index (χ4v) is 4.42. The summed E-state index contributed by atoms with van der Waals surface area (Å²) in [6.45, 7) is 4.04. The van der Waals surface area contributed by atoms with Crippen LogP contribution in [-0.2, 0) is 12.2 Å². The van der Waals surface area contributed by atoms with Crippen molar-refractivity contribution in [2.75, 3.05) is 38.1 Å². The van der Waals surface area contributed by atoms with E-state index in [1.165, 1.54) is 6.07 Å². The van der Waals surface area contributed by atoms with Crippen molar-refractivity contribution in [1.82, 2.24) is 15.2 Å². The molecule has 3 aliphatic rings. The number of nitrogens with two attached hydrogens (primary N) is 1. The number of hydrogen-bond donors (Lipinski definition) is 2. The van der Waals surface area contributed by atoms with Gasteiger partial charge in [-0.2, -0.15) is 5.10 Å². The third kappa shape index (κ3) is 3.65. The molecule has 6 nitrogen and oxygen atoms in total. The number of halogens is 2. The van der Waals surface area contributed by atoms with Crippen molar-refractivity contribution < 1.29 is 8.78 Å². The van der Waals surface area contributed by atoms with Gasteiger partial charge in [0.15, 0.2) is 5.84 Å². The van der Waals surface area contributed by atoms with Gasteiger partial charge in [0.1, 0.15) is 11.6 Å². The maximum Gasteiger partial charge on any atom is 0.211 e. The Kier molecular flexibility index (Phi) is 5.19. The Morgan fingerprint density at radius 1 is 1.06 bits per heavy atom. The highest BCUT2D eigenvalue weighted by atomic mass is 19.1. The maximum atomic E-state index is 14.3. The van der Waals surface area contributed by atoms with Crippen molar-refractivity contribution in [2.45, 2.75) is 12.2 Å². The molecule has 2 aromatic rings. The van der Waals surface area contributed by atoms with Crippen molar-refractivity contribution in [3.8, 4) is 0 Å². The number of nitrogens with one attached hydrogen (secondary N) is 1. The summed E-state index contributed by atoms with van der Waals surface area (Å²) in [5, 5.41) is 4.40. The largest absolute Gasteiger partial charge is 0.369 e. The predicted molar refractivity (Wildman–Crippen MR) is 122 cm³/mol. The molecule has 1 unspecified atom stereocenters. The Labute approximate surface area is 186 Å². The van der Waals surface area contributed by atoms with Gasteiger partial charge in [-0.05, 0) is 55.1 Å². The van der Waals surface area contributed by atoms with Gasteiger partial charge >= 0.3 is 0 Å². The molecular formula is C24H26F2N6. The summed E-state index contributed by atoms with van der Waals surface area (Å²) in [5.41, 5.74) is 12.9. The second-order valence-corrected chi connectivity index (χ2v) is 8.45. The quantitative estimate of drug-likeness (QED) is 0.772. The van der Waals surface area contributed by atoms with Gasteiger partial charge in [-0.25, -0.2) is 8.78 Å². The van der Waals surface area contributed by atoms with Gasteiger partial charge in [0.05, 0.1) is 0 Å². The summed E-state index contributed by atoms with van der Waals surface area (Å²) in [7, 11) is 2.13. The van der Waals surface area contributed by atoms with E-state index in [4.69, 9.17) is 5.73 Å². The molecule has 3 N–H and O–H groups in total. The number of fused-ring (bicyclic) bond motifs is 1. The Hall–Kier alpha value is -3.23. The first-order valence-corrected chi connectivity index (χ1v) is 10.7. The summed E-state index contributed by atoms with van der Waals surface area (Å²) in [5.74, 6) is -1.42. The zero-order chi connectivity index (χ0) is 22.3. The topological polar surface area (TPSA) is 60.1 Å². The first-order chi connectivity index (χ1) is 15.4. The summed E-state index contributed by atoms with van der Waals surface area (Å²) in [4.78, 5) is 6.53. The van der Waals surface area contributed by atoms with Crippen LogP contribution in [0.4, 0.5) is 14.5 Å². The lowest BCUT2D eigenvalue weighted by Crippen LogP contribution is -2.58. The van der Waals surface area contributed by atoms with E-state index in [1.807, 2.05) is 35.3 Å². The lowest BCUT2D eigenvalue weighted by molar-refractivity contribution is 0.197. The number of likely N-dealkylation sites (N-methyl/N-ethyl adjacent to an activating group) is 1. The van der Waals surface area contributed by atoms with Crippen LogP contribution < -0.4 is 16.1 Å². The molecule has 0 saturated carbocycles. The smallest absolute Gasteiger partial charge is 0.211 e. The van der Waals surface area contributed by atoms with E-state index >= 15 is 0 Å². The molecule has 1 saturated heterocycles. The molecule has 0 spiro atoms. The molecule has 166 valence electrons. The minimum atomic E-state index is -1.13. The standard InChI is InChI=1S/C24H26F2N6/c1-30-11-13-31(14-12-30)20-8-5-18(6-9-20)24(27)29-28-23-4-2-3-21(32(23)24)16-17-15-19(25)7-10-22(17)26/h2-10,15,29H,11-14,16,27H2,1H3. The summed E-state index contributed by atoms with van der Waals surface area (Å²) < 4.78 is 28.0. The molecule has 8 heteroatoms. The number of hydrogen-bond acceptors (Lipinski definition) is 6. The minimum Gasteiger partial charge on any atom is -0.369 e. The molecule has 1 fully saturated rings. The second kappa shape index (κ2) is 8.03. The highest BCUT2D eigenvalue weighted by molar-refractivity contribution is 5.97. The number of anilines is 1. The Balaban J connectivity index is 1.41. The molecule has 32 heavy (non-hydrogen) atoms. The zero-order valence-corrected chi connectivity index (χ0v) is 17.9. The number of allylic oxidation sites excluding steroid dienone is 3. The highest BCUT2D eigenvalue weighted by Gasteiger charge is 2.43. The van der Waals surface area contributed by atoms with Crippen molar-refractivity contribution in [3.63, 3.8) is 0 Å². The van der Waals surface area contributed by atoms with Crippen LogP contribution >= 0.6 is 0 Å². The monoisotopic (exact) mass is 436 g/mol. The van der Waals surface area contributed by atoms with Crippen molar-refractivity contribution in [3.05, 3.63) is 89.2 Å². The van der Waals surface area contributed by atoms with Crippen LogP contribution in [0.15, 0.2) is 71.5 Å². The minimum absolute atomic E-state index is 0.187. The summed E-state index contributed by atoms with van der Waals surface area (Å²) in [6, 6.07) is 11.6. The Morgan fingerprint density at radius 3 is 2.56 bits per heavy atom. The van der Waals surface area contributed by atoms with E-state index in [9.17, 15) is 8.78 Å². The molecule has 3 heterocycles. The van der Waals surface area contributed by atoms with Crippen LogP contribution in [0.25, 0.3) is 0 Å². The second-order valence-electron chi connectivity index (χ2n) is 8.45. The van der Waals surface area contributed by atoms with Gasteiger partial charge in [0.25, 0.3) is 0 Å². The van der Waals surface area contributed by atoms with E-state index in [2.05, 4.69) is 39.5 Å². The number of amidine groups is 1. The lowest BCUT2D eigenvalue weighted by atomic mass is 10.0. The molecule has 0 bridgehead atoms. The van der Waals surface area contributed by atoms with Crippen LogP contribution in [0.1, 0.15) is 11.1 Å². The molecule has 0 aliphatic carbocycles. The van der Waals surface area contributed by atoms with E-state index in [-0.39, 0.29) is 12.0 Å². The molecule has 0 radical (unpaired) electrons. The predicted octanol–water partition coefficient (Wildman–Crippen LogP) is 2.70. The Morgan fingerprint density at radius 2 is 1.81 bits per heavy atom. The summed E-state index contributed by atoms with van der Waals surface area (Å²) >= 11 is 0. The van der Waals surface area contributed by atoms with Crippen LogP contribution in [-0.4, -0.2) is 48.9 Å². The van der Waals surface area contributed by atoms with Crippen molar-refractivity contribution >= 4 is 11.5 Å². The van der Waals surface area contributed by atoms with E-state index in [0.717, 1.165) is 55.3 Å². The zero-order valence-electron chi connectivity index (χ0n) is 17.9. The van der Waals surface area contributed by atoms with Gasteiger partial charge in [0, 0.05) is 49.5 Å². The fraction of sp³-hybridized carbons (Fsp3) is 0.292. The molecular weight excluding hydrogens is 410 g/mol. The molecule has 2 aromatic carbocycles. The number of benzene rings is 2. The van der Waals surface area contributed by atoms with Gasteiger partial charge in [0.2, 0.25) is 5.79 Å². The first kappa shape index (κ1) is 20.7. The van der Waals surface area contributed by atoms with Gasteiger partial charge < -0.3 is 9.80 Å². The molecule has 3 aliphatic heterocycles. The van der Waals surface area contributed by atoms with Crippen LogP contribution in [0.2, 0.25) is 0 Å². The van der Waals surface area contributed by atoms with Gasteiger partial charge in [-0.1, -0.05) is 18.2 Å². The van der Waals surface area contributed by atoms with Crippen LogP contribution in [0.3, 0.4) is 0 Å².